The summed E-state index contributed by atoms with van der Waals surface area (Å²) in [6.07, 6.45) is 2.19. The number of nitrogens with zero attached hydrogens (tertiary/aromatic N) is 2. The number of rotatable bonds is 6. The molecular formula is C16H16Br2N2OS. The number of halogens is 2. The summed E-state index contributed by atoms with van der Waals surface area (Å²) < 4.78 is 1.97. The second-order valence-corrected chi connectivity index (χ2v) is 7.41. The summed E-state index contributed by atoms with van der Waals surface area (Å²) in [5, 5.41) is 0. The number of carbonyl (C=O) groups is 1. The Bertz CT molecular complexity index is 634. The van der Waals surface area contributed by atoms with Crippen LogP contribution in [-0.2, 0) is 4.79 Å². The summed E-state index contributed by atoms with van der Waals surface area (Å²) in [4.78, 5) is 19.5. The minimum absolute atomic E-state index is 0.0943. The van der Waals surface area contributed by atoms with Crippen molar-refractivity contribution in [3.05, 3.63) is 51.5 Å². The number of hydrogen-bond acceptors (Lipinski definition) is 3. The summed E-state index contributed by atoms with van der Waals surface area (Å²) in [7, 11) is 0. The Balaban J connectivity index is 1.93. The lowest BCUT2D eigenvalue weighted by Crippen LogP contribution is -2.31. The van der Waals surface area contributed by atoms with Gasteiger partial charge in [-0.1, -0.05) is 12.1 Å². The molecule has 0 aliphatic heterocycles. The molecule has 0 unspecified atom stereocenters. The molecule has 1 aromatic heterocycles. The maximum atomic E-state index is 12.4. The third-order valence-electron chi connectivity index (χ3n) is 3.02. The molecule has 1 amide bonds. The van der Waals surface area contributed by atoms with Crippen molar-refractivity contribution < 1.29 is 4.79 Å². The van der Waals surface area contributed by atoms with Crippen molar-refractivity contribution in [3.63, 3.8) is 0 Å². The largest absolute Gasteiger partial charge is 0.297 e. The molecule has 3 nitrogen and oxygen atoms in total. The fraction of sp³-hybridized carbons (Fsp3) is 0.250. The number of amides is 1. The summed E-state index contributed by atoms with van der Waals surface area (Å²) in [5.74, 6) is 1.53. The van der Waals surface area contributed by atoms with Gasteiger partial charge in [0, 0.05) is 38.8 Å². The monoisotopic (exact) mass is 442 g/mol. The highest BCUT2D eigenvalue weighted by molar-refractivity contribution is 9.10. The number of anilines is 1. The van der Waals surface area contributed by atoms with Crippen molar-refractivity contribution in [2.75, 3.05) is 17.2 Å². The third-order valence-corrected chi connectivity index (χ3v) is 5.51. The van der Waals surface area contributed by atoms with Gasteiger partial charge in [-0.3, -0.25) is 9.69 Å². The standard InChI is InChI=1S/C16H16Br2N2OS/c1-2-20(15-8-7-12(17)11-19-15)16(21)9-10-22-14-6-4-3-5-13(14)18/h3-8,11H,2,9-10H2,1H3. The Morgan fingerprint density at radius 1 is 1.23 bits per heavy atom. The number of benzene rings is 1. The highest BCUT2D eigenvalue weighted by Crippen LogP contribution is 2.27. The van der Waals surface area contributed by atoms with Gasteiger partial charge in [-0.15, -0.1) is 11.8 Å². The van der Waals surface area contributed by atoms with Crippen LogP contribution in [0.3, 0.4) is 0 Å². The second-order valence-electron chi connectivity index (χ2n) is 4.50. The van der Waals surface area contributed by atoms with Crippen LogP contribution in [0.1, 0.15) is 13.3 Å². The quantitative estimate of drug-likeness (QED) is 0.579. The van der Waals surface area contributed by atoms with E-state index in [1.165, 1.54) is 0 Å². The molecule has 0 aliphatic carbocycles. The molecule has 0 radical (unpaired) electrons. The van der Waals surface area contributed by atoms with Crippen LogP contribution >= 0.6 is 43.6 Å². The summed E-state index contributed by atoms with van der Waals surface area (Å²) in [6.45, 7) is 2.58. The molecule has 1 heterocycles. The van der Waals surface area contributed by atoms with E-state index in [4.69, 9.17) is 0 Å². The average molecular weight is 444 g/mol. The van der Waals surface area contributed by atoms with Crippen LogP contribution in [0, 0.1) is 0 Å². The lowest BCUT2D eigenvalue weighted by atomic mass is 10.3. The van der Waals surface area contributed by atoms with E-state index in [1.807, 2.05) is 43.3 Å². The van der Waals surface area contributed by atoms with Gasteiger partial charge in [0.25, 0.3) is 0 Å². The zero-order valence-corrected chi connectivity index (χ0v) is 16.1. The maximum Gasteiger partial charge on any atom is 0.228 e. The Morgan fingerprint density at radius 2 is 2.00 bits per heavy atom. The molecule has 0 atom stereocenters. The summed E-state index contributed by atoms with van der Waals surface area (Å²) >= 11 is 8.55. The maximum absolute atomic E-state index is 12.4. The van der Waals surface area contributed by atoms with E-state index in [9.17, 15) is 4.79 Å². The van der Waals surface area contributed by atoms with E-state index < -0.39 is 0 Å². The molecule has 0 saturated carbocycles. The molecule has 0 bridgehead atoms. The first-order valence-corrected chi connectivity index (χ1v) is 9.48. The lowest BCUT2D eigenvalue weighted by molar-refractivity contribution is -0.118. The van der Waals surface area contributed by atoms with Crippen LogP contribution in [-0.4, -0.2) is 23.2 Å². The molecular weight excluding hydrogens is 428 g/mol. The van der Waals surface area contributed by atoms with Gasteiger partial charge >= 0.3 is 0 Å². The fourth-order valence-electron chi connectivity index (χ4n) is 1.94. The molecule has 1 aromatic carbocycles. The van der Waals surface area contributed by atoms with Crippen LogP contribution in [0.2, 0.25) is 0 Å². The van der Waals surface area contributed by atoms with Gasteiger partial charge in [0.05, 0.1) is 0 Å². The van der Waals surface area contributed by atoms with Crippen LogP contribution < -0.4 is 4.90 Å². The van der Waals surface area contributed by atoms with Crippen molar-refractivity contribution in [2.24, 2.45) is 0 Å². The molecule has 0 aliphatic rings. The topological polar surface area (TPSA) is 33.2 Å². The zero-order valence-electron chi connectivity index (χ0n) is 12.1. The van der Waals surface area contributed by atoms with Crippen LogP contribution in [0.4, 0.5) is 5.82 Å². The Hall–Kier alpha value is -0.850. The summed E-state index contributed by atoms with van der Waals surface area (Å²) in [6, 6.07) is 11.8. The van der Waals surface area contributed by atoms with Gasteiger partial charge in [-0.05, 0) is 63.0 Å². The highest BCUT2D eigenvalue weighted by atomic mass is 79.9. The predicted molar refractivity (Wildman–Crippen MR) is 99.4 cm³/mol. The molecule has 2 aromatic rings. The van der Waals surface area contributed by atoms with Crippen molar-refractivity contribution in [1.82, 2.24) is 4.98 Å². The molecule has 22 heavy (non-hydrogen) atoms. The van der Waals surface area contributed by atoms with Crippen molar-refractivity contribution in [2.45, 2.75) is 18.2 Å². The zero-order chi connectivity index (χ0) is 15.9. The molecule has 0 saturated heterocycles. The van der Waals surface area contributed by atoms with Gasteiger partial charge in [0.1, 0.15) is 5.82 Å². The lowest BCUT2D eigenvalue weighted by Gasteiger charge is -2.19. The van der Waals surface area contributed by atoms with Crippen LogP contribution in [0.5, 0.6) is 0 Å². The SMILES string of the molecule is CCN(C(=O)CCSc1ccccc1Br)c1ccc(Br)cn1. The Kier molecular flexibility index (Phi) is 6.92. The molecule has 0 N–H and O–H groups in total. The average Bonchev–Trinajstić information content (AvgIpc) is 2.52. The van der Waals surface area contributed by atoms with E-state index in [0.29, 0.717) is 18.8 Å². The van der Waals surface area contributed by atoms with E-state index in [0.717, 1.165) is 19.6 Å². The van der Waals surface area contributed by atoms with Gasteiger partial charge in [0.15, 0.2) is 0 Å². The number of carbonyl (C=O) groups excluding carboxylic acids is 1. The Morgan fingerprint density at radius 3 is 2.64 bits per heavy atom. The smallest absolute Gasteiger partial charge is 0.228 e. The minimum atomic E-state index is 0.0943. The van der Waals surface area contributed by atoms with E-state index >= 15 is 0 Å². The first-order valence-electron chi connectivity index (χ1n) is 6.91. The Labute approximate surface area is 151 Å². The summed E-state index contributed by atoms with van der Waals surface area (Å²) in [5.41, 5.74) is 0. The molecule has 0 spiro atoms. The molecule has 2 rings (SSSR count). The first kappa shape index (κ1) is 17.5. The number of aromatic nitrogens is 1. The molecule has 116 valence electrons. The van der Waals surface area contributed by atoms with Gasteiger partial charge in [-0.2, -0.15) is 0 Å². The van der Waals surface area contributed by atoms with Gasteiger partial charge < -0.3 is 0 Å². The van der Waals surface area contributed by atoms with Crippen molar-refractivity contribution in [1.29, 1.82) is 0 Å². The van der Waals surface area contributed by atoms with Crippen molar-refractivity contribution in [3.8, 4) is 0 Å². The van der Waals surface area contributed by atoms with E-state index in [2.05, 4.69) is 36.8 Å². The van der Waals surface area contributed by atoms with E-state index in [-0.39, 0.29) is 5.91 Å². The second kappa shape index (κ2) is 8.70. The van der Waals surface area contributed by atoms with Crippen LogP contribution in [0.15, 0.2) is 56.4 Å². The number of pyridine rings is 1. The van der Waals surface area contributed by atoms with E-state index in [1.54, 1.807) is 22.9 Å². The predicted octanol–water partition coefficient (Wildman–Crippen LogP) is 5.14. The fourth-order valence-corrected chi connectivity index (χ4v) is 3.68. The van der Waals surface area contributed by atoms with Gasteiger partial charge in [-0.25, -0.2) is 4.98 Å². The third kappa shape index (κ3) is 4.83. The number of thioether (sulfide) groups is 1. The minimum Gasteiger partial charge on any atom is -0.297 e. The van der Waals surface area contributed by atoms with Crippen LogP contribution in [0.25, 0.3) is 0 Å². The highest BCUT2D eigenvalue weighted by Gasteiger charge is 2.15. The normalized spacial score (nSPS) is 10.5. The van der Waals surface area contributed by atoms with Gasteiger partial charge in [0.2, 0.25) is 5.91 Å². The molecule has 6 heteroatoms. The molecule has 0 fully saturated rings. The van der Waals surface area contributed by atoms with Crippen molar-refractivity contribution >= 4 is 55.3 Å². The number of hydrogen-bond donors (Lipinski definition) is 0. The first-order chi connectivity index (χ1) is 10.6.